The molecule has 2 N–H and O–H groups in total. The number of aliphatic hydroxyl groups excluding tert-OH is 1. The Balaban J connectivity index is 1.72. The zero-order valence-electron chi connectivity index (χ0n) is 13.8. The molecular weight excluding hydrogens is 346 g/mol. The molecule has 2 aromatic rings. The highest BCUT2D eigenvalue weighted by Crippen LogP contribution is 2.20. The zero-order valence-corrected chi connectivity index (χ0v) is 14.6. The molecule has 1 aliphatic rings. The molecule has 0 unspecified atom stereocenters. The molecule has 2 heterocycles. The number of nitrogens with one attached hydrogen (secondary N) is 1. The van der Waals surface area contributed by atoms with Crippen molar-refractivity contribution in [3.63, 3.8) is 0 Å². The number of aliphatic hydroxyl groups is 1. The molecule has 3 rings (SSSR count). The van der Waals surface area contributed by atoms with Crippen LogP contribution in [0.3, 0.4) is 0 Å². The van der Waals surface area contributed by atoms with Crippen molar-refractivity contribution in [3.05, 3.63) is 42.4 Å². The van der Waals surface area contributed by atoms with Gasteiger partial charge in [0.05, 0.1) is 25.6 Å². The van der Waals surface area contributed by atoms with E-state index in [2.05, 4.69) is 9.71 Å². The Morgan fingerprint density at radius 2 is 2.16 bits per heavy atom. The van der Waals surface area contributed by atoms with Crippen molar-refractivity contribution in [2.24, 2.45) is 7.05 Å². The Morgan fingerprint density at radius 1 is 1.40 bits per heavy atom. The van der Waals surface area contributed by atoms with Crippen molar-refractivity contribution in [2.45, 2.75) is 30.2 Å². The summed E-state index contributed by atoms with van der Waals surface area (Å²) >= 11 is 0. The molecule has 0 spiro atoms. The Kier molecular flexibility index (Phi) is 5.38. The highest BCUT2D eigenvalue weighted by atomic mass is 32.2. The van der Waals surface area contributed by atoms with E-state index in [-0.39, 0.29) is 18.2 Å². The van der Waals surface area contributed by atoms with Crippen LogP contribution >= 0.6 is 0 Å². The minimum absolute atomic E-state index is 0.0208. The van der Waals surface area contributed by atoms with Crippen molar-refractivity contribution in [1.29, 1.82) is 0 Å². The fourth-order valence-electron chi connectivity index (χ4n) is 2.60. The molecular formula is C16H21N3O5S. The summed E-state index contributed by atoms with van der Waals surface area (Å²) in [6.07, 6.45) is 2.94. The van der Waals surface area contributed by atoms with Gasteiger partial charge in [0.25, 0.3) is 10.0 Å². The number of ether oxygens (including phenoxy) is 2. The smallest absolute Gasteiger partial charge is 0.259 e. The number of hydrogen-bond acceptors (Lipinski definition) is 6. The van der Waals surface area contributed by atoms with Crippen LogP contribution in [0.1, 0.15) is 12.0 Å². The van der Waals surface area contributed by atoms with Crippen molar-refractivity contribution in [1.82, 2.24) is 14.3 Å². The van der Waals surface area contributed by atoms with E-state index in [9.17, 15) is 8.42 Å². The van der Waals surface area contributed by atoms with Crippen molar-refractivity contribution in [3.8, 4) is 5.75 Å². The van der Waals surface area contributed by atoms with Gasteiger partial charge in [-0.1, -0.05) is 12.1 Å². The number of rotatable bonds is 6. The van der Waals surface area contributed by atoms with E-state index in [0.29, 0.717) is 18.8 Å². The van der Waals surface area contributed by atoms with E-state index < -0.39 is 22.2 Å². The second-order valence-electron chi connectivity index (χ2n) is 5.93. The second kappa shape index (κ2) is 7.52. The molecule has 136 valence electrons. The standard InChI is InChI=1S/C16H21N3O5S/c1-19-8-16(17-11-19)25(21,22)18-14-6-7-23-10-15(14)24-13-4-2-12(9-20)3-5-13/h2-5,8,11,14-15,18,20H,6-7,9-10H2,1H3/t14-,15-/m1/s1. The Bertz CT molecular complexity index is 803. The third kappa shape index (κ3) is 4.37. The van der Waals surface area contributed by atoms with Gasteiger partial charge in [-0.15, -0.1) is 0 Å². The Labute approximate surface area is 146 Å². The van der Waals surface area contributed by atoms with Crippen LogP contribution in [0, 0.1) is 0 Å². The minimum Gasteiger partial charge on any atom is -0.486 e. The summed E-state index contributed by atoms with van der Waals surface area (Å²) < 4.78 is 40.5. The molecule has 8 nitrogen and oxygen atoms in total. The summed E-state index contributed by atoms with van der Waals surface area (Å²) in [4.78, 5) is 3.90. The first-order valence-corrected chi connectivity index (χ1v) is 9.41. The highest BCUT2D eigenvalue weighted by Gasteiger charge is 2.32. The number of aromatic nitrogens is 2. The van der Waals surface area contributed by atoms with Gasteiger partial charge in [-0.05, 0) is 24.1 Å². The zero-order chi connectivity index (χ0) is 17.9. The first kappa shape index (κ1) is 17.9. The number of aryl methyl sites for hydroxylation is 1. The summed E-state index contributed by atoms with van der Waals surface area (Å²) in [7, 11) is -2.01. The molecule has 0 aliphatic carbocycles. The van der Waals surface area contributed by atoms with Crippen LogP contribution < -0.4 is 9.46 Å². The van der Waals surface area contributed by atoms with E-state index in [1.165, 1.54) is 12.5 Å². The predicted octanol–water partition coefficient (Wildman–Crippen LogP) is 0.427. The van der Waals surface area contributed by atoms with Crippen molar-refractivity contribution < 1.29 is 23.0 Å². The highest BCUT2D eigenvalue weighted by molar-refractivity contribution is 7.89. The molecule has 25 heavy (non-hydrogen) atoms. The van der Waals surface area contributed by atoms with Crippen molar-refractivity contribution in [2.75, 3.05) is 13.2 Å². The monoisotopic (exact) mass is 367 g/mol. The van der Waals surface area contributed by atoms with Crippen LogP contribution in [0.5, 0.6) is 5.75 Å². The van der Waals surface area contributed by atoms with Gasteiger partial charge in [-0.3, -0.25) is 0 Å². The maximum absolute atomic E-state index is 12.5. The van der Waals surface area contributed by atoms with Crippen LogP contribution in [0.2, 0.25) is 0 Å². The largest absolute Gasteiger partial charge is 0.486 e. The molecule has 9 heteroatoms. The molecule has 2 atom stereocenters. The average Bonchev–Trinajstić information content (AvgIpc) is 3.05. The fraction of sp³-hybridized carbons (Fsp3) is 0.438. The third-order valence-corrected chi connectivity index (χ3v) is 5.34. The molecule has 1 aromatic carbocycles. The summed E-state index contributed by atoms with van der Waals surface area (Å²) in [5, 5.41) is 9.06. The Morgan fingerprint density at radius 3 is 2.80 bits per heavy atom. The predicted molar refractivity (Wildman–Crippen MR) is 89.5 cm³/mol. The molecule has 1 saturated heterocycles. The molecule has 1 fully saturated rings. The van der Waals surface area contributed by atoms with Crippen LogP contribution in [-0.2, 0) is 28.4 Å². The lowest BCUT2D eigenvalue weighted by atomic mass is 10.1. The second-order valence-corrected chi connectivity index (χ2v) is 7.59. The average molecular weight is 367 g/mol. The van der Waals surface area contributed by atoms with Gasteiger partial charge in [0.2, 0.25) is 0 Å². The summed E-state index contributed by atoms with van der Waals surface area (Å²) in [5.41, 5.74) is 0.777. The van der Waals surface area contributed by atoms with Crippen molar-refractivity contribution >= 4 is 10.0 Å². The van der Waals surface area contributed by atoms with Gasteiger partial charge in [0.15, 0.2) is 5.03 Å². The quantitative estimate of drug-likeness (QED) is 0.767. The normalized spacial score (nSPS) is 21.2. The van der Waals surface area contributed by atoms with Gasteiger partial charge >= 0.3 is 0 Å². The van der Waals surface area contributed by atoms with Crippen LogP contribution in [-0.4, -0.2) is 48.4 Å². The van der Waals surface area contributed by atoms with E-state index in [4.69, 9.17) is 14.6 Å². The maximum Gasteiger partial charge on any atom is 0.259 e. The topological polar surface area (TPSA) is 103 Å². The molecule has 0 bridgehead atoms. The molecule has 0 saturated carbocycles. The number of benzene rings is 1. The lowest BCUT2D eigenvalue weighted by Crippen LogP contribution is -2.51. The van der Waals surface area contributed by atoms with E-state index in [0.717, 1.165) is 5.56 Å². The third-order valence-electron chi connectivity index (χ3n) is 3.96. The number of imidazole rings is 1. The SMILES string of the molecule is Cn1cnc(S(=O)(=O)N[C@@H]2CCOC[C@H]2Oc2ccc(CO)cc2)c1. The molecule has 0 radical (unpaired) electrons. The van der Waals surface area contributed by atoms with Gasteiger partial charge < -0.3 is 19.1 Å². The van der Waals surface area contributed by atoms with Gasteiger partial charge in [0.1, 0.15) is 11.9 Å². The summed E-state index contributed by atoms with van der Waals surface area (Å²) in [6, 6.07) is 6.57. The summed E-state index contributed by atoms with van der Waals surface area (Å²) in [5.74, 6) is 0.592. The van der Waals surface area contributed by atoms with E-state index >= 15 is 0 Å². The number of hydrogen-bond donors (Lipinski definition) is 2. The minimum atomic E-state index is -3.73. The first-order valence-electron chi connectivity index (χ1n) is 7.92. The van der Waals surface area contributed by atoms with E-state index in [1.807, 2.05) is 0 Å². The van der Waals surface area contributed by atoms with Gasteiger partial charge in [0, 0.05) is 19.9 Å². The fourth-order valence-corrected chi connectivity index (χ4v) is 3.88. The molecule has 1 aromatic heterocycles. The Hall–Kier alpha value is -1.94. The van der Waals surface area contributed by atoms with E-state index in [1.54, 1.807) is 35.9 Å². The summed E-state index contributed by atoms with van der Waals surface area (Å²) in [6.45, 7) is 0.704. The van der Waals surface area contributed by atoms with Gasteiger partial charge in [-0.2, -0.15) is 0 Å². The number of nitrogens with zero attached hydrogens (tertiary/aromatic N) is 2. The lowest BCUT2D eigenvalue weighted by molar-refractivity contribution is -0.00929. The van der Waals surface area contributed by atoms with Gasteiger partial charge in [-0.25, -0.2) is 18.1 Å². The molecule has 1 aliphatic heterocycles. The van der Waals surface area contributed by atoms with Crippen LogP contribution in [0.4, 0.5) is 0 Å². The molecule has 0 amide bonds. The van der Waals surface area contributed by atoms with Crippen LogP contribution in [0.15, 0.2) is 41.8 Å². The number of sulfonamides is 1. The lowest BCUT2D eigenvalue weighted by Gasteiger charge is -2.32. The van der Waals surface area contributed by atoms with Crippen LogP contribution in [0.25, 0.3) is 0 Å². The maximum atomic E-state index is 12.5. The first-order chi connectivity index (χ1) is 12.0.